The second-order valence-corrected chi connectivity index (χ2v) is 16.6. The molecule has 2 fully saturated rings. The molecule has 0 radical (unpaired) electrons. The standard InChI is InChI=1S/C41H69N13O9/c1-23(2)21-30-37(60)50-26(9-15-42)33(56)49-28(11-17-44)36(59)54-32(24(3)55)39(62)47-18-12-29(53-40(63)41(45)13-19-46-20-14-41)35(58)48-27(10-16-43)34(57)52-31(38(61)51-30)22-25-7-5-4-6-8-25/h4-8,23-24,26-32,46,55H,9-22,42-45H2,1-3H3,(H,47,62)(H,48,58)(H,49,56)(H,50,60)(H,51,61)(H,52,57)(H,53,63)(H,54,59)/t24-,26+,27+,28+,29+,30+,31-,32+/m1/s1. The first-order valence-electron chi connectivity index (χ1n) is 21.7. The Hall–Kier alpha value is -5.26. The summed E-state index contributed by atoms with van der Waals surface area (Å²) in [7, 11) is 0. The van der Waals surface area contributed by atoms with Gasteiger partial charge in [0.15, 0.2) is 0 Å². The van der Waals surface area contributed by atoms with Gasteiger partial charge >= 0.3 is 0 Å². The van der Waals surface area contributed by atoms with Gasteiger partial charge in [0.1, 0.15) is 42.3 Å². The second kappa shape index (κ2) is 25.8. The Labute approximate surface area is 368 Å². The van der Waals surface area contributed by atoms with E-state index >= 15 is 0 Å². The van der Waals surface area contributed by atoms with Crippen molar-refractivity contribution in [2.45, 2.75) is 126 Å². The van der Waals surface area contributed by atoms with Crippen LogP contribution in [0.2, 0.25) is 0 Å². The van der Waals surface area contributed by atoms with Crippen LogP contribution in [0.5, 0.6) is 0 Å². The summed E-state index contributed by atoms with van der Waals surface area (Å²) in [4.78, 5) is 111. The van der Waals surface area contributed by atoms with Gasteiger partial charge in [-0.05, 0) is 96.1 Å². The van der Waals surface area contributed by atoms with Gasteiger partial charge in [0.25, 0.3) is 0 Å². The van der Waals surface area contributed by atoms with Crippen molar-refractivity contribution in [2.75, 3.05) is 39.3 Å². The molecule has 63 heavy (non-hydrogen) atoms. The predicted octanol–water partition coefficient (Wildman–Crippen LogP) is -5.30. The fourth-order valence-corrected chi connectivity index (χ4v) is 7.21. The molecule has 2 heterocycles. The Morgan fingerprint density at radius 1 is 0.667 bits per heavy atom. The maximum atomic E-state index is 14.2. The Bertz CT molecular complexity index is 1710. The number of aliphatic hydroxyl groups is 1. The number of carbonyl (C=O) groups is 8. The van der Waals surface area contributed by atoms with Crippen molar-refractivity contribution >= 4 is 47.3 Å². The van der Waals surface area contributed by atoms with E-state index in [1.807, 2.05) is 13.8 Å². The Kier molecular flexibility index (Phi) is 21.3. The summed E-state index contributed by atoms with van der Waals surface area (Å²) in [5.41, 5.74) is 23.3. The number of aliphatic hydroxyl groups excluding tert-OH is 1. The van der Waals surface area contributed by atoms with Crippen molar-refractivity contribution in [3.63, 3.8) is 0 Å². The Morgan fingerprint density at radius 3 is 1.63 bits per heavy atom. The average molecular weight is 888 g/mol. The third-order valence-corrected chi connectivity index (χ3v) is 10.9. The molecule has 22 heteroatoms. The summed E-state index contributed by atoms with van der Waals surface area (Å²) >= 11 is 0. The third-order valence-electron chi connectivity index (χ3n) is 10.9. The van der Waals surface area contributed by atoms with Crippen LogP contribution in [0.15, 0.2) is 30.3 Å². The molecule has 1 aromatic carbocycles. The number of hydrogen-bond acceptors (Lipinski definition) is 14. The van der Waals surface area contributed by atoms with Crippen molar-refractivity contribution in [3.05, 3.63) is 35.9 Å². The molecule has 8 amide bonds. The number of piperidine rings is 1. The molecule has 0 spiro atoms. The number of nitrogens with one attached hydrogen (secondary N) is 9. The topological polar surface area (TPSA) is 369 Å². The number of hydrogen-bond donors (Lipinski definition) is 14. The van der Waals surface area contributed by atoms with Crippen LogP contribution >= 0.6 is 0 Å². The third kappa shape index (κ3) is 16.4. The Balaban J connectivity index is 2.10. The summed E-state index contributed by atoms with van der Waals surface area (Å²) < 4.78 is 0. The summed E-state index contributed by atoms with van der Waals surface area (Å²) in [6, 6.07) is -0.584. The maximum Gasteiger partial charge on any atom is 0.245 e. The first-order chi connectivity index (χ1) is 29.9. The van der Waals surface area contributed by atoms with Crippen LogP contribution in [0, 0.1) is 5.92 Å². The molecule has 352 valence electrons. The largest absolute Gasteiger partial charge is 0.391 e. The molecule has 0 bridgehead atoms. The second-order valence-electron chi connectivity index (χ2n) is 16.6. The minimum absolute atomic E-state index is 0.0280. The van der Waals surface area contributed by atoms with Crippen LogP contribution in [0.3, 0.4) is 0 Å². The molecule has 0 saturated carbocycles. The summed E-state index contributed by atoms with van der Waals surface area (Å²) in [6.07, 6.45) is -1.33. The number of amides is 8. The van der Waals surface area contributed by atoms with Crippen LogP contribution in [0.4, 0.5) is 0 Å². The molecule has 0 aromatic heterocycles. The van der Waals surface area contributed by atoms with E-state index in [9.17, 15) is 43.5 Å². The SMILES string of the molecule is CC(C)C[C@@H]1NC(=O)[C@@H](Cc2ccccc2)NC(=O)[C@H](CCN)NC(=O)[C@@H](NC(=O)C2(N)CCNCC2)CCNC(=O)[C@H]([C@@H](C)O)NC(=O)[C@H](CCN)NC(=O)[C@H](CCN)NC1=O. The zero-order valence-corrected chi connectivity index (χ0v) is 36.5. The van der Waals surface area contributed by atoms with E-state index in [1.165, 1.54) is 6.92 Å². The van der Waals surface area contributed by atoms with E-state index in [0.29, 0.717) is 18.7 Å². The number of benzene rings is 1. The highest BCUT2D eigenvalue weighted by molar-refractivity contribution is 5.98. The van der Waals surface area contributed by atoms with Crippen molar-refractivity contribution in [1.82, 2.24) is 47.9 Å². The molecular weight excluding hydrogens is 819 g/mol. The van der Waals surface area contributed by atoms with E-state index in [-0.39, 0.29) is 83.5 Å². The highest BCUT2D eigenvalue weighted by Crippen LogP contribution is 2.16. The van der Waals surface area contributed by atoms with E-state index in [0.717, 1.165) is 0 Å². The van der Waals surface area contributed by atoms with Gasteiger partial charge in [-0.15, -0.1) is 0 Å². The maximum absolute atomic E-state index is 14.2. The van der Waals surface area contributed by atoms with Gasteiger partial charge < -0.3 is 75.9 Å². The highest BCUT2D eigenvalue weighted by Gasteiger charge is 2.39. The molecule has 2 saturated heterocycles. The van der Waals surface area contributed by atoms with Crippen LogP contribution in [-0.4, -0.2) is 146 Å². The van der Waals surface area contributed by atoms with Crippen LogP contribution < -0.4 is 70.8 Å². The molecule has 0 aliphatic carbocycles. The lowest BCUT2D eigenvalue weighted by Gasteiger charge is -2.34. The smallest absolute Gasteiger partial charge is 0.245 e. The van der Waals surface area contributed by atoms with Crippen molar-refractivity contribution < 1.29 is 43.5 Å². The molecule has 3 rings (SSSR count). The molecule has 2 aliphatic heterocycles. The molecule has 0 unspecified atom stereocenters. The van der Waals surface area contributed by atoms with Gasteiger partial charge in [-0.3, -0.25) is 38.4 Å². The molecule has 1 aromatic rings. The first kappa shape index (κ1) is 52.1. The minimum Gasteiger partial charge on any atom is -0.391 e. The van der Waals surface area contributed by atoms with Crippen molar-refractivity contribution in [1.29, 1.82) is 0 Å². The lowest BCUT2D eigenvalue weighted by atomic mass is 9.88. The number of rotatable bonds is 13. The Morgan fingerprint density at radius 2 is 1.13 bits per heavy atom. The quantitative estimate of drug-likeness (QED) is 0.0881. The summed E-state index contributed by atoms with van der Waals surface area (Å²) in [6.45, 7) is 5.32. The van der Waals surface area contributed by atoms with E-state index in [4.69, 9.17) is 22.9 Å². The van der Waals surface area contributed by atoms with Gasteiger partial charge in [0.05, 0.1) is 11.6 Å². The molecule has 8 atom stereocenters. The van der Waals surface area contributed by atoms with Crippen LogP contribution in [0.1, 0.15) is 71.3 Å². The molecule has 18 N–H and O–H groups in total. The number of carbonyl (C=O) groups excluding carboxylic acids is 8. The first-order valence-corrected chi connectivity index (χ1v) is 21.7. The van der Waals surface area contributed by atoms with Gasteiger partial charge in [0, 0.05) is 13.0 Å². The zero-order chi connectivity index (χ0) is 46.7. The van der Waals surface area contributed by atoms with Gasteiger partial charge in [-0.25, -0.2) is 0 Å². The molecule has 22 nitrogen and oxygen atoms in total. The van der Waals surface area contributed by atoms with E-state index in [1.54, 1.807) is 30.3 Å². The van der Waals surface area contributed by atoms with Crippen LogP contribution in [0.25, 0.3) is 0 Å². The van der Waals surface area contributed by atoms with E-state index < -0.39 is 101 Å². The van der Waals surface area contributed by atoms with Crippen molar-refractivity contribution in [3.8, 4) is 0 Å². The van der Waals surface area contributed by atoms with Gasteiger partial charge in [-0.1, -0.05) is 44.2 Å². The fourth-order valence-electron chi connectivity index (χ4n) is 7.21. The molecular formula is C41H69N13O9. The highest BCUT2D eigenvalue weighted by atomic mass is 16.3. The normalized spacial score (nSPS) is 26.7. The zero-order valence-electron chi connectivity index (χ0n) is 36.5. The average Bonchev–Trinajstić information content (AvgIpc) is 3.23. The minimum atomic E-state index is -1.55. The predicted molar refractivity (Wildman–Crippen MR) is 232 cm³/mol. The monoisotopic (exact) mass is 888 g/mol. The summed E-state index contributed by atoms with van der Waals surface area (Å²) in [5, 5.41) is 34.7. The van der Waals surface area contributed by atoms with E-state index in [2.05, 4.69) is 47.9 Å². The lowest BCUT2D eigenvalue weighted by molar-refractivity contribution is -0.136. The van der Waals surface area contributed by atoms with Gasteiger partial charge in [0.2, 0.25) is 47.3 Å². The van der Waals surface area contributed by atoms with Crippen LogP contribution in [-0.2, 0) is 44.8 Å². The van der Waals surface area contributed by atoms with Crippen molar-refractivity contribution in [2.24, 2.45) is 28.9 Å². The fraction of sp³-hybridized carbons (Fsp3) is 0.659. The lowest BCUT2D eigenvalue weighted by Crippen LogP contribution is -2.63. The summed E-state index contributed by atoms with van der Waals surface area (Å²) in [5.74, 6) is -6.42. The molecule has 2 aliphatic rings. The number of nitrogens with two attached hydrogens (primary N) is 4. The van der Waals surface area contributed by atoms with Gasteiger partial charge in [-0.2, -0.15) is 0 Å².